The second kappa shape index (κ2) is 9.38. The molecule has 0 aliphatic heterocycles. The predicted molar refractivity (Wildman–Crippen MR) is 102 cm³/mol. The van der Waals surface area contributed by atoms with Gasteiger partial charge in [-0.25, -0.2) is 4.79 Å². The van der Waals surface area contributed by atoms with Gasteiger partial charge in [0, 0.05) is 4.88 Å². The highest BCUT2D eigenvalue weighted by molar-refractivity contribution is 7.09. The van der Waals surface area contributed by atoms with Crippen molar-refractivity contribution in [2.24, 2.45) is 0 Å². The summed E-state index contributed by atoms with van der Waals surface area (Å²) < 4.78 is 10.6. The molecule has 0 aliphatic carbocycles. The minimum atomic E-state index is -0.865. The van der Waals surface area contributed by atoms with Crippen LogP contribution in [0.5, 0.6) is 5.75 Å². The monoisotopic (exact) mass is 375 g/mol. The van der Waals surface area contributed by atoms with Crippen LogP contribution in [0, 0.1) is 6.92 Å². The molecule has 0 saturated carbocycles. The first-order chi connectivity index (χ1) is 12.4. The first-order valence-corrected chi connectivity index (χ1v) is 9.47. The average Bonchev–Trinajstić information content (AvgIpc) is 3.11. The molecule has 1 atom stereocenters. The molecule has 0 radical (unpaired) electrons. The Morgan fingerprint density at radius 1 is 1.19 bits per heavy atom. The number of nitrogens with one attached hydrogen (secondary N) is 1. The Hall–Kier alpha value is -2.34. The SMILES string of the molecule is Cc1cc(OCC(=O)O[C@@H](C)C(=O)NCc2cccs2)ccc1C(C)C. The lowest BCUT2D eigenvalue weighted by Crippen LogP contribution is -2.36. The van der Waals surface area contributed by atoms with Gasteiger partial charge >= 0.3 is 5.97 Å². The second-order valence-corrected chi connectivity index (χ2v) is 7.42. The molecule has 0 spiro atoms. The van der Waals surface area contributed by atoms with E-state index in [1.165, 1.54) is 5.56 Å². The molecule has 1 N–H and O–H groups in total. The van der Waals surface area contributed by atoms with Gasteiger partial charge in [-0.05, 0) is 54.5 Å². The normalized spacial score (nSPS) is 11.9. The number of amides is 1. The molecule has 0 bridgehead atoms. The van der Waals surface area contributed by atoms with E-state index < -0.39 is 12.1 Å². The molecule has 1 aromatic heterocycles. The summed E-state index contributed by atoms with van der Waals surface area (Å²) in [6.07, 6.45) is -0.865. The third-order valence-corrected chi connectivity index (χ3v) is 4.79. The topological polar surface area (TPSA) is 64.6 Å². The van der Waals surface area contributed by atoms with Crippen LogP contribution >= 0.6 is 11.3 Å². The van der Waals surface area contributed by atoms with Crippen molar-refractivity contribution >= 4 is 23.2 Å². The Bertz CT molecular complexity index is 740. The van der Waals surface area contributed by atoms with Gasteiger partial charge < -0.3 is 14.8 Å². The van der Waals surface area contributed by atoms with Crippen LogP contribution in [0.2, 0.25) is 0 Å². The minimum Gasteiger partial charge on any atom is -0.482 e. The Morgan fingerprint density at radius 3 is 2.58 bits per heavy atom. The maximum atomic E-state index is 12.0. The van der Waals surface area contributed by atoms with E-state index in [9.17, 15) is 9.59 Å². The summed E-state index contributed by atoms with van der Waals surface area (Å²) in [5.41, 5.74) is 2.36. The lowest BCUT2D eigenvalue weighted by molar-refractivity contribution is -0.156. The number of rotatable bonds is 8. The molecule has 26 heavy (non-hydrogen) atoms. The summed E-state index contributed by atoms with van der Waals surface area (Å²) in [6, 6.07) is 9.60. The quantitative estimate of drug-likeness (QED) is 0.713. The molecule has 5 nitrogen and oxygen atoms in total. The molecule has 0 aliphatic rings. The number of aryl methyl sites for hydroxylation is 1. The lowest BCUT2D eigenvalue weighted by Gasteiger charge is -2.14. The van der Waals surface area contributed by atoms with Gasteiger partial charge in [-0.1, -0.05) is 26.0 Å². The van der Waals surface area contributed by atoms with Gasteiger partial charge in [-0.15, -0.1) is 11.3 Å². The van der Waals surface area contributed by atoms with Gasteiger partial charge in [0.2, 0.25) is 0 Å². The number of hydrogen-bond donors (Lipinski definition) is 1. The lowest BCUT2D eigenvalue weighted by atomic mass is 9.98. The van der Waals surface area contributed by atoms with E-state index >= 15 is 0 Å². The van der Waals surface area contributed by atoms with Crippen LogP contribution < -0.4 is 10.1 Å². The number of carbonyl (C=O) groups is 2. The average molecular weight is 375 g/mol. The van der Waals surface area contributed by atoms with E-state index in [0.717, 1.165) is 10.4 Å². The summed E-state index contributed by atoms with van der Waals surface area (Å²) in [5.74, 6) is 0.138. The Balaban J connectivity index is 1.77. The highest BCUT2D eigenvalue weighted by Crippen LogP contribution is 2.23. The van der Waals surface area contributed by atoms with Crippen molar-refractivity contribution in [2.45, 2.75) is 46.3 Å². The van der Waals surface area contributed by atoms with Gasteiger partial charge in [0.05, 0.1) is 6.54 Å². The predicted octanol–water partition coefficient (Wildman–Crippen LogP) is 3.81. The number of hydrogen-bond acceptors (Lipinski definition) is 5. The zero-order valence-electron chi connectivity index (χ0n) is 15.6. The molecule has 2 rings (SSSR count). The maximum absolute atomic E-state index is 12.0. The van der Waals surface area contributed by atoms with E-state index in [4.69, 9.17) is 9.47 Å². The number of carbonyl (C=O) groups excluding carboxylic acids is 2. The first-order valence-electron chi connectivity index (χ1n) is 8.59. The summed E-state index contributed by atoms with van der Waals surface area (Å²) >= 11 is 1.56. The number of ether oxygens (including phenoxy) is 2. The van der Waals surface area contributed by atoms with Crippen molar-refractivity contribution in [3.63, 3.8) is 0 Å². The summed E-state index contributed by atoms with van der Waals surface area (Å²) in [5, 5.41) is 4.68. The van der Waals surface area contributed by atoms with E-state index in [0.29, 0.717) is 18.2 Å². The zero-order valence-corrected chi connectivity index (χ0v) is 16.4. The van der Waals surface area contributed by atoms with Gasteiger partial charge in [0.25, 0.3) is 5.91 Å². The van der Waals surface area contributed by atoms with E-state index in [-0.39, 0.29) is 12.5 Å². The van der Waals surface area contributed by atoms with Crippen LogP contribution in [0.4, 0.5) is 0 Å². The standard InChI is InChI=1S/C20H25NO4S/c1-13(2)18-8-7-16(10-14(18)3)24-12-19(22)25-15(4)20(23)21-11-17-6-5-9-26-17/h5-10,13,15H,11-12H2,1-4H3,(H,21,23)/t15-/m0/s1. The van der Waals surface area contributed by atoms with Gasteiger partial charge in [0.15, 0.2) is 12.7 Å². The Morgan fingerprint density at radius 2 is 1.96 bits per heavy atom. The third kappa shape index (κ3) is 5.88. The van der Waals surface area contributed by atoms with Crippen molar-refractivity contribution in [3.05, 3.63) is 51.7 Å². The van der Waals surface area contributed by atoms with E-state index in [1.54, 1.807) is 18.3 Å². The van der Waals surface area contributed by atoms with Gasteiger partial charge in [-0.2, -0.15) is 0 Å². The van der Waals surface area contributed by atoms with Crippen LogP contribution in [0.25, 0.3) is 0 Å². The van der Waals surface area contributed by atoms with Crippen molar-refractivity contribution in [1.29, 1.82) is 0 Å². The molecule has 1 aromatic carbocycles. The molecule has 0 unspecified atom stereocenters. The minimum absolute atomic E-state index is 0.233. The van der Waals surface area contributed by atoms with Crippen LogP contribution in [-0.2, 0) is 20.9 Å². The van der Waals surface area contributed by atoms with Crippen molar-refractivity contribution in [2.75, 3.05) is 6.61 Å². The smallest absolute Gasteiger partial charge is 0.344 e. The molecule has 6 heteroatoms. The fraction of sp³-hybridized carbons (Fsp3) is 0.400. The molecular formula is C20H25NO4S. The summed E-state index contributed by atoms with van der Waals surface area (Å²) in [7, 11) is 0. The number of benzene rings is 1. The van der Waals surface area contributed by atoms with Gasteiger partial charge in [0.1, 0.15) is 5.75 Å². The van der Waals surface area contributed by atoms with E-state index in [2.05, 4.69) is 19.2 Å². The Labute approximate surface area is 158 Å². The molecule has 0 fully saturated rings. The van der Waals surface area contributed by atoms with Crippen LogP contribution in [0.3, 0.4) is 0 Å². The van der Waals surface area contributed by atoms with Crippen LogP contribution in [0.1, 0.15) is 42.7 Å². The highest BCUT2D eigenvalue weighted by atomic mass is 32.1. The highest BCUT2D eigenvalue weighted by Gasteiger charge is 2.18. The maximum Gasteiger partial charge on any atom is 0.344 e. The number of esters is 1. The van der Waals surface area contributed by atoms with E-state index in [1.807, 2.05) is 42.6 Å². The summed E-state index contributed by atoms with van der Waals surface area (Å²) in [4.78, 5) is 24.9. The third-order valence-electron chi connectivity index (χ3n) is 3.91. The molecule has 1 amide bonds. The fourth-order valence-corrected chi connectivity index (χ4v) is 3.19. The second-order valence-electron chi connectivity index (χ2n) is 6.39. The van der Waals surface area contributed by atoms with Crippen molar-refractivity contribution in [1.82, 2.24) is 5.32 Å². The first kappa shape index (κ1) is 20.0. The number of thiophene rings is 1. The molecule has 140 valence electrons. The van der Waals surface area contributed by atoms with Crippen LogP contribution in [-0.4, -0.2) is 24.6 Å². The molecule has 0 saturated heterocycles. The van der Waals surface area contributed by atoms with Crippen molar-refractivity contribution < 1.29 is 19.1 Å². The zero-order chi connectivity index (χ0) is 19.1. The van der Waals surface area contributed by atoms with Gasteiger partial charge in [-0.3, -0.25) is 4.79 Å². The molecular weight excluding hydrogens is 350 g/mol. The van der Waals surface area contributed by atoms with Crippen LogP contribution in [0.15, 0.2) is 35.7 Å². The van der Waals surface area contributed by atoms with Crippen molar-refractivity contribution in [3.8, 4) is 5.75 Å². The molecule has 2 aromatic rings. The fourth-order valence-electron chi connectivity index (χ4n) is 2.54. The summed E-state index contributed by atoms with van der Waals surface area (Å²) in [6.45, 7) is 8.01. The Kier molecular flexibility index (Phi) is 7.21. The molecule has 1 heterocycles. The largest absolute Gasteiger partial charge is 0.482 e.